The number of ketones is 1. The van der Waals surface area contributed by atoms with E-state index in [1.807, 2.05) is 14.1 Å². The van der Waals surface area contributed by atoms with Crippen LogP contribution in [-0.4, -0.2) is 60.9 Å². The van der Waals surface area contributed by atoms with Crippen LogP contribution in [0, 0.1) is 0 Å². The smallest absolute Gasteiger partial charge is 0.187 e. The van der Waals surface area contributed by atoms with Crippen molar-refractivity contribution < 1.29 is 14.3 Å². The van der Waals surface area contributed by atoms with Crippen molar-refractivity contribution in [3.8, 4) is 5.75 Å². The number of rotatable bonds is 7. The summed E-state index contributed by atoms with van der Waals surface area (Å²) in [6.45, 7) is 2.25. The Bertz CT molecular complexity index is 451. The van der Waals surface area contributed by atoms with Gasteiger partial charge in [-0.2, -0.15) is 5.10 Å². The van der Waals surface area contributed by atoms with Gasteiger partial charge >= 0.3 is 0 Å². The zero-order valence-corrected chi connectivity index (χ0v) is 12.5. The van der Waals surface area contributed by atoms with E-state index in [1.54, 1.807) is 18.0 Å². The van der Waals surface area contributed by atoms with E-state index >= 15 is 0 Å². The van der Waals surface area contributed by atoms with Crippen LogP contribution in [0.3, 0.4) is 0 Å². The van der Waals surface area contributed by atoms with Gasteiger partial charge < -0.3 is 14.4 Å². The molecule has 0 aliphatic carbocycles. The molecule has 1 aromatic rings. The molecule has 0 amide bonds. The maximum absolute atomic E-state index is 12.5. The molecule has 6 nitrogen and oxygen atoms in total. The van der Waals surface area contributed by atoms with Gasteiger partial charge in [-0.05, 0) is 26.9 Å². The van der Waals surface area contributed by atoms with E-state index in [9.17, 15) is 4.79 Å². The molecule has 6 heteroatoms. The van der Waals surface area contributed by atoms with E-state index in [0.717, 1.165) is 26.0 Å². The Kier molecular flexibility index (Phi) is 5.14. The third kappa shape index (κ3) is 3.58. The van der Waals surface area contributed by atoms with E-state index in [4.69, 9.17) is 9.47 Å². The van der Waals surface area contributed by atoms with Gasteiger partial charge in [0.1, 0.15) is 5.69 Å². The van der Waals surface area contributed by atoms with Gasteiger partial charge in [0.05, 0.1) is 26.0 Å². The minimum absolute atomic E-state index is 0.0457. The molecule has 1 unspecified atom stereocenters. The number of ether oxygens (including phenoxy) is 2. The number of Topliss-reactive ketones (excluding diaryl/α,β-unsaturated/α-hetero) is 1. The Morgan fingerprint density at radius 1 is 1.60 bits per heavy atom. The molecule has 1 saturated heterocycles. The van der Waals surface area contributed by atoms with Crippen molar-refractivity contribution in [3.05, 3.63) is 11.9 Å². The van der Waals surface area contributed by atoms with Crippen molar-refractivity contribution in [1.29, 1.82) is 0 Å². The number of nitrogens with zero attached hydrogens (tertiary/aromatic N) is 3. The van der Waals surface area contributed by atoms with Crippen molar-refractivity contribution in [1.82, 2.24) is 14.7 Å². The van der Waals surface area contributed by atoms with Crippen molar-refractivity contribution >= 4 is 5.78 Å². The molecule has 20 heavy (non-hydrogen) atoms. The number of likely N-dealkylation sites (N-methyl/N-ethyl adjacent to an activating group) is 1. The first-order chi connectivity index (χ1) is 9.61. The van der Waals surface area contributed by atoms with Gasteiger partial charge in [-0.15, -0.1) is 0 Å². The largest absolute Gasteiger partial charge is 0.493 e. The van der Waals surface area contributed by atoms with Crippen molar-refractivity contribution in [3.63, 3.8) is 0 Å². The van der Waals surface area contributed by atoms with Gasteiger partial charge in [-0.3, -0.25) is 9.48 Å². The van der Waals surface area contributed by atoms with Crippen molar-refractivity contribution in [2.24, 2.45) is 0 Å². The van der Waals surface area contributed by atoms with Crippen LogP contribution in [0.4, 0.5) is 0 Å². The highest BCUT2D eigenvalue weighted by atomic mass is 16.5. The number of methoxy groups -OCH3 is 1. The maximum Gasteiger partial charge on any atom is 0.187 e. The Labute approximate surface area is 119 Å². The maximum atomic E-state index is 12.5. The van der Waals surface area contributed by atoms with E-state index < -0.39 is 0 Å². The molecule has 0 N–H and O–H groups in total. The highest BCUT2D eigenvalue weighted by Crippen LogP contribution is 2.23. The molecule has 1 aromatic heterocycles. The van der Waals surface area contributed by atoms with E-state index in [2.05, 4.69) is 10.00 Å². The topological polar surface area (TPSA) is 56.6 Å². The third-order valence-corrected chi connectivity index (χ3v) is 3.49. The van der Waals surface area contributed by atoms with Gasteiger partial charge in [0.25, 0.3) is 0 Å². The fourth-order valence-electron chi connectivity index (χ4n) is 2.37. The van der Waals surface area contributed by atoms with Gasteiger partial charge in [0.15, 0.2) is 11.5 Å². The second-order valence-corrected chi connectivity index (χ2v) is 5.35. The summed E-state index contributed by atoms with van der Waals surface area (Å²) in [5.74, 6) is 0.594. The summed E-state index contributed by atoms with van der Waals surface area (Å²) in [5.41, 5.74) is 0.560. The van der Waals surface area contributed by atoms with Crippen LogP contribution >= 0.6 is 0 Å². The molecule has 0 spiro atoms. The predicted molar refractivity (Wildman–Crippen MR) is 75.3 cm³/mol. The lowest BCUT2D eigenvalue weighted by atomic mass is 10.1. The lowest BCUT2D eigenvalue weighted by Crippen LogP contribution is -2.23. The second kappa shape index (κ2) is 6.85. The Morgan fingerprint density at radius 2 is 2.40 bits per heavy atom. The Morgan fingerprint density at radius 3 is 3.00 bits per heavy atom. The van der Waals surface area contributed by atoms with Crippen LogP contribution in [0.15, 0.2) is 6.20 Å². The van der Waals surface area contributed by atoms with Crippen LogP contribution in [0.1, 0.15) is 29.8 Å². The molecule has 1 fully saturated rings. The molecule has 2 heterocycles. The minimum Gasteiger partial charge on any atom is -0.493 e. The standard InChI is InChI=1S/C14H23N3O3/c1-16(2)6-7-17-14(13(19-3)10-15-17)12(18)9-11-5-4-8-20-11/h10-11H,4-9H2,1-3H3. The molecule has 2 rings (SSSR count). The van der Waals surface area contributed by atoms with Crippen molar-refractivity contribution in [2.45, 2.75) is 31.9 Å². The second-order valence-electron chi connectivity index (χ2n) is 5.35. The summed E-state index contributed by atoms with van der Waals surface area (Å²) in [6.07, 6.45) is 4.06. The zero-order chi connectivity index (χ0) is 14.5. The van der Waals surface area contributed by atoms with Crippen LogP contribution in [0.25, 0.3) is 0 Å². The average Bonchev–Trinajstić information content (AvgIpc) is 3.04. The zero-order valence-electron chi connectivity index (χ0n) is 12.5. The van der Waals surface area contributed by atoms with Crippen LogP contribution < -0.4 is 4.74 Å². The summed E-state index contributed by atoms with van der Waals surface area (Å²) in [6, 6.07) is 0. The molecule has 0 radical (unpaired) electrons. The van der Waals surface area contributed by atoms with E-state index in [1.165, 1.54) is 0 Å². The first-order valence-corrected chi connectivity index (χ1v) is 7.01. The monoisotopic (exact) mass is 281 g/mol. The Balaban J connectivity index is 2.10. The molecule has 112 valence electrons. The first-order valence-electron chi connectivity index (χ1n) is 7.01. The summed E-state index contributed by atoms with van der Waals surface area (Å²) < 4.78 is 12.5. The molecule has 1 aliphatic rings. The molecule has 0 bridgehead atoms. The van der Waals surface area contributed by atoms with Gasteiger partial charge in [-0.1, -0.05) is 0 Å². The quantitative estimate of drug-likeness (QED) is 0.703. The molecular weight excluding hydrogens is 258 g/mol. The van der Waals surface area contributed by atoms with Crippen LogP contribution in [0.2, 0.25) is 0 Å². The van der Waals surface area contributed by atoms with E-state index in [0.29, 0.717) is 24.4 Å². The lowest BCUT2D eigenvalue weighted by molar-refractivity contribution is 0.0764. The molecule has 0 saturated carbocycles. The number of aromatic nitrogens is 2. The summed E-state index contributed by atoms with van der Waals surface area (Å²) in [5, 5.41) is 4.26. The molecule has 1 aliphatic heterocycles. The van der Waals surface area contributed by atoms with E-state index in [-0.39, 0.29) is 11.9 Å². The molecule has 0 aromatic carbocycles. The van der Waals surface area contributed by atoms with Gasteiger partial charge in [-0.25, -0.2) is 0 Å². The van der Waals surface area contributed by atoms with Crippen LogP contribution in [0.5, 0.6) is 5.75 Å². The first kappa shape index (κ1) is 15.0. The fraction of sp³-hybridized carbons (Fsp3) is 0.714. The number of carbonyl (C=O) groups is 1. The normalized spacial score (nSPS) is 18.7. The van der Waals surface area contributed by atoms with Gasteiger partial charge in [0.2, 0.25) is 0 Å². The summed E-state index contributed by atoms with van der Waals surface area (Å²) >= 11 is 0. The number of hydrogen-bond acceptors (Lipinski definition) is 5. The lowest BCUT2D eigenvalue weighted by Gasteiger charge is -2.13. The molecular formula is C14H23N3O3. The predicted octanol–water partition coefficient (Wildman–Crippen LogP) is 1.21. The highest BCUT2D eigenvalue weighted by Gasteiger charge is 2.25. The third-order valence-electron chi connectivity index (χ3n) is 3.49. The molecule has 1 atom stereocenters. The van der Waals surface area contributed by atoms with Crippen molar-refractivity contribution in [2.75, 3.05) is 34.4 Å². The number of hydrogen-bond donors (Lipinski definition) is 0. The number of carbonyl (C=O) groups excluding carboxylic acids is 1. The SMILES string of the molecule is COc1cnn(CCN(C)C)c1C(=O)CC1CCCO1. The van der Waals surface area contributed by atoms with Gasteiger partial charge in [0, 0.05) is 19.6 Å². The van der Waals surface area contributed by atoms with Crippen LogP contribution in [-0.2, 0) is 11.3 Å². The fourth-order valence-corrected chi connectivity index (χ4v) is 2.37. The average molecular weight is 281 g/mol. The summed E-state index contributed by atoms with van der Waals surface area (Å²) in [4.78, 5) is 14.5. The minimum atomic E-state index is 0.0457. The highest BCUT2D eigenvalue weighted by molar-refractivity contribution is 5.97. The summed E-state index contributed by atoms with van der Waals surface area (Å²) in [7, 11) is 5.55. The Hall–Kier alpha value is -1.40.